The molecule has 1 heterocycles. The summed E-state index contributed by atoms with van der Waals surface area (Å²) in [5, 5.41) is 3.43. The molecule has 1 aromatic carbocycles. The molecule has 1 aliphatic rings. The van der Waals surface area contributed by atoms with E-state index in [1.807, 2.05) is 0 Å². The first kappa shape index (κ1) is 16.5. The third-order valence-corrected chi connectivity index (χ3v) is 5.45. The molecule has 0 spiro atoms. The van der Waals surface area contributed by atoms with Gasteiger partial charge in [-0.05, 0) is 55.5 Å². The number of thiophene rings is 1. The van der Waals surface area contributed by atoms with Gasteiger partial charge in [0.25, 0.3) is 11.8 Å². The zero-order valence-electron chi connectivity index (χ0n) is 13.6. The number of ether oxygens (including phenoxy) is 1. The van der Waals surface area contributed by atoms with Gasteiger partial charge in [-0.1, -0.05) is 6.42 Å². The van der Waals surface area contributed by atoms with Crippen LogP contribution in [-0.2, 0) is 12.8 Å². The number of methoxy groups -OCH3 is 1. The van der Waals surface area contributed by atoms with Crippen LogP contribution < -0.4 is 15.8 Å². The van der Waals surface area contributed by atoms with Crippen LogP contribution in [0.3, 0.4) is 0 Å². The largest absolute Gasteiger partial charge is 0.497 e. The van der Waals surface area contributed by atoms with E-state index in [0.717, 1.165) is 37.7 Å². The van der Waals surface area contributed by atoms with Gasteiger partial charge in [0.05, 0.1) is 12.7 Å². The quantitative estimate of drug-likeness (QED) is 0.834. The second kappa shape index (κ2) is 7.05. The van der Waals surface area contributed by atoms with Gasteiger partial charge in [0, 0.05) is 10.4 Å². The molecule has 0 aliphatic heterocycles. The molecule has 0 unspecified atom stereocenters. The Morgan fingerprint density at radius 1 is 1.12 bits per heavy atom. The van der Waals surface area contributed by atoms with E-state index < -0.39 is 5.91 Å². The summed E-state index contributed by atoms with van der Waals surface area (Å²) in [7, 11) is 1.58. The van der Waals surface area contributed by atoms with Crippen molar-refractivity contribution < 1.29 is 14.3 Å². The number of anilines is 1. The van der Waals surface area contributed by atoms with Gasteiger partial charge < -0.3 is 15.8 Å². The summed E-state index contributed by atoms with van der Waals surface area (Å²) in [6, 6.07) is 6.84. The first-order valence-electron chi connectivity index (χ1n) is 8.00. The maximum absolute atomic E-state index is 12.5. The van der Waals surface area contributed by atoms with Crippen LogP contribution in [0.15, 0.2) is 24.3 Å². The summed E-state index contributed by atoms with van der Waals surface area (Å²) in [5.41, 5.74) is 7.60. The van der Waals surface area contributed by atoms with E-state index in [1.54, 1.807) is 31.4 Å². The minimum Gasteiger partial charge on any atom is -0.497 e. The molecule has 2 amide bonds. The van der Waals surface area contributed by atoms with Crippen LogP contribution >= 0.6 is 11.3 Å². The fourth-order valence-electron chi connectivity index (χ4n) is 3.01. The maximum Gasteiger partial charge on any atom is 0.256 e. The minimum absolute atomic E-state index is 0.253. The van der Waals surface area contributed by atoms with Gasteiger partial charge in [-0.2, -0.15) is 0 Å². The number of fused-ring (bicyclic) bond motifs is 1. The standard InChI is InChI=1S/C18H20N2O3S/c1-23-12-9-7-11(8-10-12)17(22)20-18-15(16(19)21)13-5-3-2-4-6-14(13)24-18/h7-10H,2-6H2,1H3,(H2,19,21)(H,20,22). The van der Waals surface area contributed by atoms with E-state index in [1.165, 1.54) is 16.2 Å². The van der Waals surface area contributed by atoms with E-state index in [2.05, 4.69) is 5.32 Å². The second-order valence-corrected chi connectivity index (χ2v) is 6.92. The lowest BCUT2D eigenvalue weighted by Crippen LogP contribution is -2.18. The summed E-state index contributed by atoms with van der Waals surface area (Å²) < 4.78 is 5.09. The van der Waals surface area contributed by atoms with Gasteiger partial charge in [-0.3, -0.25) is 9.59 Å². The van der Waals surface area contributed by atoms with Crippen molar-refractivity contribution >= 4 is 28.2 Å². The first-order chi connectivity index (χ1) is 11.6. The van der Waals surface area contributed by atoms with Crippen LogP contribution in [0.4, 0.5) is 5.00 Å². The minimum atomic E-state index is -0.473. The summed E-state index contributed by atoms with van der Waals surface area (Å²) >= 11 is 1.48. The topological polar surface area (TPSA) is 81.4 Å². The number of carbonyl (C=O) groups is 2. The molecule has 3 N–H and O–H groups in total. The van der Waals surface area contributed by atoms with E-state index >= 15 is 0 Å². The van der Waals surface area contributed by atoms with Crippen LogP contribution in [-0.4, -0.2) is 18.9 Å². The number of nitrogens with two attached hydrogens (primary N) is 1. The summed E-state index contributed by atoms with van der Waals surface area (Å²) in [5.74, 6) is -0.0387. The first-order valence-corrected chi connectivity index (χ1v) is 8.81. The molecule has 2 aromatic rings. The normalized spacial score (nSPS) is 13.7. The number of nitrogens with one attached hydrogen (secondary N) is 1. The zero-order valence-corrected chi connectivity index (χ0v) is 14.4. The third-order valence-electron chi connectivity index (χ3n) is 4.25. The number of amides is 2. The SMILES string of the molecule is COc1ccc(C(=O)Nc2sc3c(c2C(N)=O)CCCCC3)cc1. The predicted molar refractivity (Wildman–Crippen MR) is 95.0 cm³/mol. The summed E-state index contributed by atoms with van der Waals surface area (Å²) in [6.45, 7) is 0. The van der Waals surface area contributed by atoms with Gasteiger partial charge in [-0.25, -0.2) is 0 Å². The molecule has 3 rings (SSSR count). The molecular formula is C18H20N2O3S. The Kier molecular flexibility index (Phi) is 4.85. The van der Waals surface area contributed by atoms with Crippen LogP contribution in [0.1, 0.15) is 50.4 Å². The molecule has 0 saturated carbocycles. The van der Waals surface area contributed by atoms with Crippen LogP contribution in [0.2, 0.25) is 0 Å². The Morgan fingerprint density at radius 3 is 2.50 bits per heavy atom. The van der Waals surface area contributed by atoms with Crippen molar-refractivity contribution in [3.63, 3.8) is 0 Å². The second-order valence-electron chi connectivity index (χ2n) is 5.82. The lowest BCUT2D eigenvalue weighted by atomic mass is 10.1. The van der Waals surface area contributed by atoms with Crippen molar-refractivity contribution in [1.29, 1.82) is 0 Å². The molecule has 1 aliphatic carbocycles. The Hall–Kier alpha value is -2.34. The Bertz CT molecular complexity index is 765. The average molecular weight is 344 g/mol. The number of benzene rings is 1. The Balaban J connectivity index is 1.88. The Labute approximate surface area is 144 Å². The van der Waals surface area contributed by atoms with Crippen molar-refractivity contribution in [1.82, 2.24) is 0 Å². The van der Waals surface area contributed by atoms with Crippen molar-refractivity contribution in [2.75, 3.05) is 12.4 Å². The molecule has 0 fully saturated rings. The van der Waals surface area contributed by atoms with E-state index in [4.69, 9.17) is 10.5 Å². The lowest BCUT2D eigenvalue weighted by molar-refractivity contribution is 0.100. The monoisotopic (exact) mass is 344 g/mol. The number of hydrogen-bond acceptors (Lipinski definition) is 4. The van der Waals surface area contributed by atoms with Gasteiger partial charge in [-0.15, -0.1) is 11.3 Å². The van der Waals surface area contributed by atoms with Crippen LogP contribution in [0, 0.1) is 0 Å². The molecule has 126 valence electrons. The highest BCUT2D eigenvalue weighted by atomic mass is 32.1. The van der Waals surface area contributed by atoms with Crippen LogP contribution in [0.25, 0.3) is 0 Å². The van der Waals surface area contributed by atoms with Gasteiger partial charge in [0.15, 0.2) is 0 Å². The van der Waals surface area contributed by atoms with Gasteiger partial charge in [0.2, 0.25) is 0 Å². The van der Waals surface area contributed by atoms with E-state index in [-0.39, 0.29) is 5.91 Å². The smallest absolute Gasteiger partial charge is 0.256 e. The molecule has 0 saturated heterocycles. The highest BCUT2D eigenvalue weighted by Crippen LogP contribution is 2.37. The number of aryl methyl sites for hydroxylation is 1. The molecule has 5 nitrogen and oxygen atoms in total. The highest BCUT2D eigenvalue weighted by molar-refractivity contribution is 7.17. The van der Waals surface area contributed by atoms with E-state index in [0.29, 0.717) is 21.9 Å². The van der Waals surface area contributed by atoms with Crippen molar-refractivity contribution in [2.45, 2.75) is 32.1 Å². The Morgan fingerprint density at radius 2 is 1.83 bits per heavy atom. The maximum atomic E-state index is 12.5. The van der Waals surface area contributed by atoms with Crippen molar-refractivity contribution in [3.05, 3.63) is 45.8 Å². The molecule has 0 bridgehead atoms. The molecular weight excluding hydrogens is 324 g/mol. The lowest BCUT2D eigenvalue weighted by Gasteiger charge is -2.07. The fourth-order valence-corrected chi connectivity index (χ4v) is 4.30. The fraction of sp³-hybridized carbons (Fsp3) is 0.333. The number of hydrogen-bond donors (Lipinski definition) is 2. The molecule has 24 heavy (non-hydrogen) atoms. The zero-order chi connectivity index (χ0) is 17.1. The number of primary amides is 1. The number of rotatable bonds is 4. The van der Waals surface area contributed by atoms with Crippen LogP contribution in [0.5, 0.6) is 5.75 Å². The molecule has 0 atom stereocenters. The van der Waals surface area contributed by atoms with Crippen molar-refractivity contribution in [2.24, 2.45) is 5.73 Å². The van der Waals surface area contributed by atoms with Gasteiger partial charge >= 0.3 is 0 Å². The predicted octanol–water partition coefficient (Wildman–Crippen LogP) is 3.38. The summed E-state index contributed by atoms with van der Waals surface area (Å²) in [6.07, 6.45) is 5.11. The molecule has 6 heteroatoms. The van der Waals surface area contributed by atoms with Crippen molar-refractivity contribution in [3.8, 4) is 5.75 Å². The van der Waals surface area contributed by atoms with Gasteiger partial charge in [0.1, 0.15) is 10.8 Å². The number of carbonyl (C=O) groups excluding carboxylic acids is 2. The highest BCUT2D eigenvalue weighted by Gasteiger charge is 2.24. The summed E-state index contributed by atoms with van der Waals surface area (Å²) in [4.78, 5) is 25.6. The van der Waals surface area contributed by atoms with E-state index in [9.17, 15) is 9.59 Å². The molecule has 0 radical (unpaired) electrons. The average Bonchev–Trinajstić information content (AvgIpc) is 2.76. The molecule has 1 aromatic heterocycles. The third kappa shape index (κ3) is 3.28.